The molecule has 0 saturated heterocycles. The van der Waals surface area contributed by atoms with Crippen molar-refractivity contribution >= 4 is 35.0 Å². The highest BCUT2D eigenvalue weighted by molar-refractivity contribution is 8.01. The molecule has 0 saturated carbocycles. The van der Waals surface area contributed by atoms with Crippen molar-refractivity contribution < 1.29 is 14.7 Å². The Hall–Kier alpha value is -1.87. The van der Waals surface area contributed by atoms with E-state index in [9.17, 15) is 9.59 Å². The second-order valence-electron chi connectivity index (χ2n) is 3.74. The van der Waals surface area contributed by atoms with Crippen LogP contribution in [0.3, 0.4) is 0 Å². The van der Waals surface area contributed by atoms with Crippen LogP contribution in [0.5, 0.6) is 0 Å². The number of aromatic carboxylic acids is 1. The van der Waals surface area contributed by atoms with E-state index in [2.05, 4.69) is 15.6 Å². The summed E-state index contributed by atoms with van der Waals surface area (Å²) in [5, 5.41) is 20.5. The molecule has 2 aromatic heterocycles. The van der Waals surface area contributed by atoms with E-state index < -0.39 is 5.97 Å². The lowest BCUT2D eigenvalue weighted by atomic mass is 10.5. The molecule has 0 atom stereocenters. The van der Waals surface area contributed by atoms with Crippen LogP contribution in [-0.4, -0.2) is 44.3 Å². The summed E-state index contributed by atoms with van der Waals surface area (Å²) < 4.78 is 2.48. The molecule has 2 heterocycles. The normalized spacial score (nSPS) is 10.4. The third kappa shape index (κ3) is 4.35. The molecule has 1 amide bonds. The van der Waals surface area contributed by atoms with Crippen LogP contribution in [0.1, 0.15) is 10.5 Å². The summed E-state index contributed by atoms with van der Waals surface area (Å²) in [7, 11) is 0. The molecule has 0 unspecified atom stereocenters. The van der Waals surface area contributed by atoms with Gasteiger partial charge in [0.2, 0.25) is 5.91 Å². The Morgan fingerprint density at radius 3 is 3.00 bits per heavy atom. The third-order valence-corrected chi connectivity index (χ3v) is 4.39. The highest BCUT2D eigenvalue weighted by Crippen LogP contribution is 2.22. The van der Waals surface area contributed by atoms with Gasteiger partial charge in [0.25, 0.3) is 0 Å². The number of thioether (sulfide) groups is 1. The molecule has 20 heavy (non-hydrogen) atoms. The first-order valence-corrected chi connectivity index (χ1v) is 7.58. The fourth-order valence-corrected chi connectivity index (χ4v) is 2.96. The molecule has 0 aliphatic rings. The molecule has 2 rings (SSSR count). The monoisotopic (exact) mass is 312 g/mol. The van der Waals surface area contributed by atoms with Crippen LogP contribution in [0, 0.1) is 0 Å². The number of nitrogens with one attached hydrogen (secondary N) is 1. The minimum Gasteiger partial charge on any atom is -0.476 e. The zero-order valence-electron chi connectivity index (χ0n) is 10.4. The van der Waals surface area contributed by atoms with Crippen LogP contribution < -0.4 is 5.32 Å². The van der Waals surface area contributed by atoms with Crippen molar-refractivity contribution in [2.75, 3.05) is 12.3 Å². The highest BCUT2D eigenvalue weighted by atomic mass is 32.2. The van der Waals surface area contributed by atoms with E-state index in [1.165, 1.54) is 22.6 Å². The molecule has 106 valence electrons. The number of carbonyl (C=O) groups is 2. The summed E-state index contributed by atoms with van der Waals surface area (Å²) in [5.41, 5.74) is -0.107. The Kier molecular flexibility index (Phi) is 5.13. The molecular weight excluding hydrogens is 300 g/mol. The van der Waals surface area contributed by atoms with E-state index in [0.717, 1.165) is 4.21 Å². The number of thiophene rings is 1. The molecule has 2 aromatic rings. The van der Waals surface area contributed by atoms with Gasteiger partial charge in [-0.3, -0.25) is 4.79 Å². The van der Waals surface area contributed by atoms with Crippen molar-refractivity contribution in [3.8, 4) is 0 Å². The number of amides is 1. The predicted molar refractivity (Wildman–Crippen MR) is 75.0 cm³/mol. The van der Waals surface area contributed by atoms with Gasteiger partial charge in [-0.25, -0.2) is 9.48 Å². The van der Waals surface area contributed by atoms with Crippen molar-refractivity contribution in [1.82, 2.24) is 20.3 Å². The molecule has 0 bridgehead atoms. The quantitative estimate of drug-likeness (QED) is 0.739. The van der Waals surface area contributed by atoms with Gasteiger partial charge in [0, 0.05) is 6.54 Å². The molecule has 0 aliphatic carbocycles. The lowest BCUT2D eigenvalue weighted by Gasteiger charge is -2.04. The first-order chi connectivity index (χ1) is 9.65. The van der Waals surface area contributed by atoms with Crippen LogP contribution in [0.2, 0.25) is 0 Å². The standard InChI is InChI=1S/C11H12N4O3S2/c16-9(7-20-10-2-1-5-19-10)12-3-4-15-6-8(11(17)18)13-14-15/h1-2,5-6H,3-4,7H2,(H,12,16)(H,17,18). The molecule has 7 nitrogen and oxygen atoms in total. The number of nitrogens with zero attached hydrogens (tertiary/aromatic N) is 3. The van der Waals surface area contributed by atoms with Crippen molar-refractivity contribution in [1.29, 1.82) is 0 Å². The largest absolute Gasteiger partial charge is 0.476 e. The number of carboxylic acid groups (broad SMARTS) is 1. The number of aromatic nitrogens is 3. The van der Waals surface area contributed by atoms with Crippen LogP contribution in [0.4, 0.5) is 0 Å². The fourth-order valence-electron chi connectivity index (χ4n) is 1.35. The van der Waals surface area contributed by atoms with Gasteiger partial charge < -0.3 is 10.4 Å². The van der Waals surface area contributed by atoms with Crippen LogP contribution >= 0.6 is 23.1 Å². The molecule has 2 N–H and O–H groups in total. The van der Waals surface area contributed by atoms with Gasteiger partial charge in [0.15, 0.2) is 5.69 Å². The summed E-state index contributed by atoms with van der Waals surface area (Å²) in [6.45, 7) is 0.766. The van der Waals surface area contributed by atoms with Crippen LogP contribution in [-0.2, 0) is 11.3 Å². The zero-order valence-corrected chi connectivity index (χ0v) is 12.0. The molecule has 0 fully saturated rings. The SMILES string of the molecule is O=C(CSc1cccs1)NCCn1cc(C(=O)O)nn1. The van der Waals surface area contributed by atoms with Crippen molar-refractivity contribution in [3.63, 3.8) is 0 Å². The number of hydrogen-bond donors (Lipinski definition) is 2. The Labute approximate surface area is 123 Å². The van der Waals surface area contributed by atoms with E-state index in [4.69, 9.17) is 5.11 Å². The molecule has 0 aliphatic heterocycles. The summed E-state index contributed by atoms with van der Waals surface area (Å²) >= 11 is 3.08. The van der Waals surface area contributed by atoms with Gasteiger partial charge in [-0.2, -0.15) is 0 Å². The second-order valence-corrected chi connectivity index (χ2v) is 5.97. The minimum atomic E-state index is -1.12. The van der Waals surface area contributed by atoms with Crippen LogP contribution in [0.25, 0.3) is 0 Å². The molecule has 0 radical (unpaired) electrons. The maximum atomic E-state index is 11.6. The lowest BCUT2D eigenvalue weighted by molar-refractivity contribution is -0.118. The first kappa shape index (κ1) is 14.5. The van der Waals surface area contributed by atoms with E-state index in [-0.39, 0.29) is 11.6 Å². The maximum Gasteiger partial charge on any atom is 0.358 e. The molecular formula is C11H12N4O3S2. The summed E-state index contributed by atoms with van der Waals surface area (Å²) in [6, 6.07) is 3.90. The van der Waals surface area contributed by atoms with Crippen LogP contribution in [0.15, 0.2) is 27.9 Å². The lowest BCUT2D eigenvalue weighted by Crippen LogP contribution is -2.28. The average molecular weight is 312 g/mol. The first-order valence-electron chi connectivity index (χ1n) is 5.71. The molecule has 0 aromatic carbocycles. The molecule has 9 heteroatoms. The van der Waals surface area contributed by atoms with E-state index in [0.29, 0.717) is 18.8 Å². The smallest absolute Gasteiger partial charge is 0.358 e. The predicted octanol–water partition coefficient (Wildman–Crippen LogP) is 0.946. The van der Waals surface area contributed by atoms with E-state index >= 15 is 0 Å². The number of carboxylic acids is 1. The zero-order chi connectivity index (χ0) is 14.4. The second kappa shape index (κ2) is 7.06. The van der Waals surface area contributed by atoms with Gasteiger partial charge in [-0.05, 0) is 11.4 Å². The van der Waals surface area contributed by atoms with E-state index in [1.807, 2.05) is 17.5 Å². The highest BCUT2D eigenvalue weighted by Gasteiger charge is 2.08. The summed E-state index contributed by atoms with van der Waals surface area (Å²) in [4.78, 5) is 22.2. The Balaban J connectivity index is 1.67. The third-order valence-electron chi connectivity index (χ3n) is 2.26. The summed E-state index contributed by atoms with van der Waals surface area (Å²) in [5.74, 6) is -0.826. The summed E-state index contributed by atoms with van der Waals surface area (Å²) in [6.07, 6.45) is 1.33. The van der Waals surface area contributed by atoms with Gasteiger partial charge in [0.05, 0.1) is 22.7 Å². The van der Waals surface area contributed by atoms with Gasteiger partial charge >= 0.3 is 5.97 Å². The maximum absolute atomic E-state index is 11.6. The van der Waals surface area contributed by atoms with Gasteiger partial charge in [-0.1, -0.05) is 11.3 Å². The van der Waals surface area contributed by atoms with Crippen molar-refractivity contribution in [2.24, 2.45) is 0 Å². The molecule has 0 spiro atoms. The van der Waals surface area contributed by atoms with Gasteiger partial charge in [0.1, 0.15) is 0 Å². The van der Waals surface area contributed by atoms with E-state index in [1.54, 1.807) is 11.3 Å². The Bertz CT molecular complexity index is 582. The van der Waals surface area contributed by atoms with Crippen molar-refractivity contribution in [2.45, 2.75) is 10.8 Å². The fraction of sp³-hybridized carbons (Fsp3) is 0.273. The topological polar surface area (TPSA) is 97.1 Å². The van der Waals surface area contributed by atoms with Crippen molar-refractivity contribution in [3.05, 3.63) is 29.4 Å². The minimum absolute atomic E-state index is 0.0676. The Morgan fingerprint density at radius 2 is 2.35 bits per heavy atom. The average Bonchev–Trinajstić information content (AvgIpc) is 3.07. The number of rotatable bonds is 7. The number of hydrogen-bond acceptors (Lipinski definition) is 6. The number of carbonyl (C=O) groups excluding carboxylic acids is 1. The Morgan fingerprint density at radius 1 is 1.50 bits per heavy atom. The van der Waals surface area contributed by atoms with Gasteiger partial charge in [-0.15, -0.1) is 28.2 Å².